The number of carbonyl (C=O) groups is 1. The maximum Gasteiger partial charge on any atom is 0.277 e. The van der Waals surface area contributed by atoms with Crippen LogP contribution in [0.5, 0.6) is 0 Å². The van der Waals surface area contributed by atoms with Crippen molar-refractivity contribution in [2.45, 2.75) is 13.8 Å². The molecule has 5 rings (SSSR count). The molecule has 0 unspecified atom stereocenters. The molecule has 1 fully saturated rings. The monoisotopic (exact) mass is 419 g/mol. The minimum atomic E-state index is -0.345. The fourth-order valence-electron chi connectivity index (χ4n) is 3.65. The number of aryl methyl sites for hydroxylation is 2. The van der Waals surface area contributed by atoms with Crippen LogP contribution in [-0.4, -0.2) is 56.9 Å². The van der Waals surface area contributed by atoms with Crippen LogP contribution in [0.2, 0.25) is 0 Å². The van der Waals surface area contributed by atoms with Crippen molar-refractivity contribution in [1.82, 2.24) is 24.7 Å². The van der Waals surface area contributed by atoms with Crippen molar-refractivity contribution in [1.29, 1.82) is 0 Å². The topological polar surface area (TPSA) is 111 Å². The van der Waals surface area contributed by atoms with E-state index < -0.39 is 0 Å². The Morgan fingerprint density at radius 1 is 1.13 bits per heavy atom. The predicted octanol–water partition coefficient (Wildman–Crippen LogP) is 2.49. The summed E-state index contributed by atoms with van der Waals surface area (Å²) < 4.78 is 12.2. The summed E-state index contributed by atoms with van der Waals surface area (Å²) in [5, 5.41) is 11.4. The maximum atomic E-state index is 13.0. The van der Waals surface area contributed by atoms with E-state index in [4.69, 9.17) is 9.26 Å². The van der Waals surface area contributed by atoms with Crippen LogP contribution < -0.4 is 10.2 Å². The number of fused-ring (bicyclic) bond motifs is 1. The smallest absolute Gasteiger partial charge is 0.277 e. The normalized spacial score (nSPS) is 14.2. The number of ether oxygens (including phenoxy) is 1. The second-order valence-electron chi connectivity index (χ2n) is 7.27. The summed E-state index contributed by atoms with van der Waals surface area (Å²) >= 11 is 0. The molecule has 1 saturated heterocycles. The van der Waals surface area contributed by atoms with Crippen molar-refractivity contribution in [3.05, 3.63) is 53.7 Å². The summed E-state index contributed by atoms with van der Waals surface area (Å²) in [4.78, 5) is 24.0. The third-order valence-corrected chi connectivity index (χ3v) is 5.20. The van der Waals surface area contributed by atoms with Gasteiger partial charge in [-0.1, -0.05) is 11.2 Å². The number of imidazole rings is 1. The second-order valence-corrected chi connectivity index (χ2v) is 7.27. The number of nitrogens with zero attached hydrogens (tertiary/aromatic N) is 6. The quantitative estimate of drug-likeness (QED) is 0.537. The Labute approximate surface area is 177 Å². The minimum absolute atomic E-state index is 0.308. The van der Waals surface area contributed by atoms with Gasteiger partial charge >= 0.3 is 0 Å². The van der Waals surface area contributed by atoms with Crippen LogP contribution >= 0.6 is 0 Å². The van der Waals surface area contributed by atoms with Crippen molar-refractivity contribution in [2.75, 3.05) is 36.5 Å². The number of carbonyl (C=O) groups excluding carboxylic acids is 1. The summed E-state index contributed by atoms with van der Waals surface area (Å²) in [6.45, 7) is 6.55. The first-order valence-corrected chi connectivity index (χ1v) is 9.99. The van der Waals surface area contributed by atoms with Gasteiger partial charge in [-0.3, -0.25) is 4.79 Å². The lowest BCUT2D eigenvalue weighted by atomic mass is 10.1. The highest BCUT2D eigenvalue weighted by molar-refractivity contribution is 6.03. The number of rotatable bonds is 4. The van der Waals surface area contributed by atoms with Gasteiger partial charge in [0, 0.05) is 13.1 Å². The van der Waals surface area contributed by atoms with E-state index in [0.29, 0.717) is 41.8 Å². The molecule has 1 amide bonds. The number of hydrogen-bond acceptors (Lipinski definition) is 8. The second kappa shape index (κ2) is 7.80. The van der Waals surface area contributed by atoms with E-state index in [1.165, 1.54) is 10.7 Å². The zero-order valence-corrected chi connectivity index (χ0v) is 17.2. The van der Waals surface area contributed by atoms with Crippen LogP contribution in [0.25, 0.3) is 16.9 Å². The van der Waals surface area contributed by atoms with Crippen molar-refractivity contribution in [3.63, 3.8) is 0 Å². The maximum absolute atomic E-state index is 13.0. The highest BCUT2D eigenvalue weighted by Crippen LogP contribution is 2.25. The highest BCUT2D eigenvalue weighted by atomic mass is 16.5. The Hall–Kier alpha value is -3.79. The Kier molecular flexibility index (Phi) is 4.83. The first-order valence-electron chi connectivity index (χ1n) is 9.99. The van der Waals surface area contributed by atoms with Crippen LogP contribution in [-0.2, 0) is 4.74 Å². The molecular formula is C21H21N7O3. The largest absolute Gasteiger partial charge is 0.378 e. The number of nitrogens with one attached hydrogen (secondary N) is 1. The predicted molar refractivity (Wildman–Crippen MR) is 113 cm³/mol. The van der Waals surface area contributed by atoms with Gasteiger partial charge < -0.3 is 19.5 Å². The van der Waals surface area contributed by atoms with Gasteiger partial charge in [-0.05, 0) is 38.1 Å². The minimum Gasteiger partial charge on any atom is -0.378 e. The third-order valence-electron chi connectivity index (χ3n) is 5.20. The molecule has 5 heterocycles. The molecule has 0 saturated carbocycles. The molecule has 10 nitrogen and oxygen atoms in total. The molecule has 1 N–H and O–H groups in total. The van der Waals surface area contributed by atoms with E-state index in [0.717, 1.165) is 30.2 Å². The van der Waals surface area contributed by atoms with Gasteiger partial charge in [0.05, 0.1) is 36.4 Å². The molecule has 0 spiro atoms. The van der Waals surface area contributed by atoms with Gasteiger partial charge in [0.15, 0.2) is 11.3 Å². The molecule has 158 valence electrons. The first-order chi connectivity index (χ1) is 15.1. The molecule has 0 bridgehead atoms. The fourth-order valence-corrected chi connectivity index (χ4v) is 3.65. The van der Waals surface area contributed by atoms with Crippen LogP contribution in [0.1, 0.15) is 21.9 Å². The van der Waals surface area contributed by atoms with Gasteiger partial charge in [0.1, 0.15) is 17.4 Å². The van der Waals surface area contributed by atoms with Gasteiger partial charge in [-0.25, -0.2) is 14.5 Å². The Balaban J connectivity index is 1.43. The zero-order chi connectivity index (χ0) is 21.4. The van der Waals surface area contributed by atoms with Gasteiger partial charge in [-0.15, -0.1) is 0 Å². The third kappa shape index (κ3) is 3.61. The molecule has 4 aromatic heterocycles. The van der Waals surface area contributed by atoms with E-state index in [1.54, 1.807) is 6.07 Å². The number of hydrogen-bond donors (Lipinski definition) is 1. The summed E-state index contributed by atoms with van der Waals surface area (Å²) in [5.41, 5.74) is 3.07. The number of anilines is 2. The Bertz CT molecular complexity index is 1240. The SMILES string of the molecule is Cc1noc(C)c1-c1ccc2ncc(C(=O)Nc3cccc(N4CCOCC4)n3)n2n1. The molecule has 0 aromatic carbocycles. The van der Waals surface area contributed by atoms with Gasteiger partial charge in [0.25, 0.3) is 5.91 Å². The number of pyridine rings is 1. The molecular weight excluding hydrogens is 398 g/mol. The van der Waals surface area contributed by atoms with Crippen LogP contribution in [0.3, 0.4) is 0 Å². The lowest BCUT2D eigenvalue weighted by Gasteiger charge is -2.27. The summed E-state index contributed by atoms with van der Waals surface area (Å²) in [5.74, 6) is 1.59. The van der Waals surface area contributed by atoms with Gasteiger partial charge in [0.2, 0.25) is 0 Å². The van der Waals surface area contributed by atoms with E-state index in [9.17, 15) is 4.79 Å². The molecule has 0 aliphatic carbocycles. The van der Waals surface area contributed by atoms with E-state index in [1.807, 2.05) is 38.1 Å². The van der Waals surface area contributed by atoms with Crippen molar-refractivity contribution < 1.29 is 14.1 Å². The lowest BCUT2D eigenvalue weighted by Crippen LogP contribution is -2.36. The molecule has 1 aliphatic heterocycles. The Morgan fingerprint density at radius 3 is 2.74 bits per heavy atom. The van der Waals surface area contributed by atoms with E-state index in [-0.39, 0.29) is 5.91 Å². The van der Waals surface area contributed by atoms with Crippen LogP contribution in [0.4, 0.5) is 11.6 Å². The number of aromatic nitrogens is 5. The lowest BCUT2D eigenvalue weighted by molar-refractivity contribution is 0.102. The van der Waals surface area contributed by atoms with Crippen molar-refractivity contribution in [2.24, 2.45) is 0 Å². The van der Waals surface area contributed by atoms with E-state index in [2.05, 4.69) is 30.4 Å². The molecule has 31 heavy (non-hydrogen) atoms. The van der Waals surface area contributed by atoms with Gasteiger partial charge in [-0.2, -0.15) is 5.10 Å². The number of amides is 1. The zero-order valence-electron chi connectivity index (χ0n) is 17.2. The average Bonchev–Trinajstić information content (AvgIpc) is 3.36. The molecule has 0 radical (unpaired) electrons. The van der Waals surface area contributed by atoms with Crippen molar-refractivity contribution in [3.8, 4) is 11.3 Å². The average molecular weight is 419 g/mol. The van der Waals surface area contributed by atoms with Crippen LogP contribution in [0.15, 0.2) is 41.1 Å². The summed E-state index contributed by atoms with van der Waals surface area (Å²) in [6.07, 6.45) is 1.50. The molecule has 1 aliphatic rings. The summed E-state index contributed by atoms with van der Waals surface area (Å²) in [7, 11) is 0. The highest BCUT2D eigenvalue weighted by Gasteiger charge is 2.19. The van der Waals surface area contributed by atoms with Crippen LogP contribution in [0, 0.1) is 13.8 Å². The first kappa shape index (κ1) is 19.2. The Morgan fingerprint density at radius 2 is 1.97 bits per heavy atom. The molecule has 4 aromatic rings. The fraction of sp³-hybridized carbons (Fsp3) is 0.286. The standard InChI is InChI=1S/C21H21N7O3/c1-13-20(14(2)31-26-13)15-6-7-18-22-12-16(28(18)25-15)21(29)24-17-4-3-5-19(23-17)27-8-10-30-11-9-27/h3-7,12H,8-11H2,1-2H3,(H,23,24,29). The summed E-state index contributed by atoms with van der Waals surface area (Å²) in [6, 6.07) is 9.20. The molecule has 0 atom stereocenters. The number of morpholine rings is 1. The van der Waals surface area contributed by atoms with Crippen molar-refractivity contribution >= 4 is 23.2 Å². The molecule has 10 heteroatoms. The van der Waals surface area contributed by atoms with E-state index >= 15 is 0 Å².